The van der Waals surface area contributed by atoms with Crippen LogP contribution >= 0.6 is 24.0 Å². The van der Waals surface area contributed by atoms with Crippen LogP contribution in [0.3, 0.4) is 0 Å². The van der Waals surface area contributed by atoms with Gasteiger partial charge >= 0.3 is 12.1 Å². The van der Waals surface area contributed by atoms with Crippen LogP contribution in [0.15, 0.2) is 103 Å². The first-order valence-corrected chi connectivity index (χ1v) is 13.8. The molecule has 0 saturated heterocycles. The second-order valence-electron chi connectivity index (χ2n) is 9.76. The largest absolute Gasteiger partial charge is 0.494 e. The maximum Gasteiger partial charge on any atom is 0.417 e. The van der Waals surface area contributed by atoms with Gasteiger partial charge in [0.2, 0.25) is 0 Å². The maximum absolute atomic E-state index is 13.6. The lowest BCUT2D eigenvalue weighted by Gasteiger charge is -2.29. The summed E-state index contributed by atoms with van der Waals surface area (Å²) in [6.45, 7) is 1.33. The van der Waals surface area contributed by atoms with E-state index in [1.807, 2.05) is 65.6 Å². The van der Waals surface area contributed by atoms with Crippen molar-refractivity contribution in [2.75, 3.05) is 19.7 Å². The van der Waals surface area contributed by atoms with Crippen LogP contribution in [-0.2, 0) is 23.9 Å². The van der Waals surface area contributed by atoms with Crippen molar-refractivity contribution in [1.29, 1.82) is 0 Å². The van der Waals surface area contributed by atoms with Crippen LogP contribution in [0.1, 0.15) is 34.8 Å². The number of hydrogen-bond acceptors (Lipinski definition) is 4. The average Bonchev–Trinajstić information content (AvgIpc) is 2.96. The number of hydrogen-bond donors (Lipinski definition) is 1. The van der Waals surface area contributed by atoms with Crippen LogP contribution < -0.4 is 9.47 Å². The molecule has 0 spiro atoms. The first kappa shape index (κ1) is 33.8. The van der Waals surface area contributed by atoms with Crippen molar-refractivity contribution >= 4 is 30.0 Å². The van der Waals surface area contributed by atoms with Crippen molar-refractivity contribution in [3.63, 3.8) is 0 Å². The van der Waals surface area contributed by atoms with Gasteiger partial charge in [0.15, 0.2) is 0 Å². The Morgan fingerprint density at radius 1 is 0.884 bits per heavy atom. The van der Waals surface area contributed by atoms with Gasteiger partial charge < -0.3 is 14.6 Å². The van der Waals surface area contributed by atoms with Gasteiger partial charge in [-0.2, -0.15) is 13.2 Å². The van der Waals surface area contributed by atoms with E-state index in [1.54, 1.807) is 30.3 Å². The van der Waals surface area contributed by atoms with Gasteiger partial charge in [-0.25, -0.2) is 0 Å². The molecule has 0 unspecified atom stereocenters. The molecule has 4 aromatic carbocycles. The van der Waals surface area contributed by atoms with Gasteiger partial charge in [0.25, 0.3) is 0 Å². The zero-order valence-corrected chi connectivity index (χ0v) is 24.7. The Hall–Kier alpha value is -3.72. The van der Waals surface area contributed by atoms with E-state index < -0.39 is 23.8 Å². The monoisotopic (exact) mass is 633 g/mol. The summed E-state index contributed by atoms with van der Waals surface area (Å²) in [5, 5.41) is 8.74. The Morgan fingerprint density at radius 3 is 2.21 bits per heavy atom. The quantitative estimate of drug-likeness (QED) is 0.141. The maximum atomic E-state index is 13.6. The molecule has 0 amide bonds. The lowest BCUT2D eigenvalue weighted by molar-refractivity contribution is -0.138. The molecule has 5 nitrogen and oxygen atoms in total. The molecule has 0 heterocycles. The lowest BCUT2D eigenvalue weighted by atomic mass is 10.1. The number of para-hydroxylation sites is 1. The van der Waals surface area contributed by atoms with Crippen molar-refractivity contribution < 1.29 is 32.5 Å². The predicted molar refractivity (Wildman–Crippen MR) is 163 cm³/mol. The molecule has 0 aliphatic carbocycles. The summed E-state index contributed by atoms with van der Waals surface area (Å²) in [7, 11) is 0. The number of ether oxygens (including phenoxy) is 2. The highest BCUT2D eigenvalue weighted by Crippen LogP contribution is 2.37. The molecular formula is C33H32Cl2F3NO4. The van der Waals surface area contributed by atoms with Gasteiger partial charge in [-0.05, 0) is 53.4 Å². The van der Waals surface area contributed by atoms with Gasteiger partial charge in [-0.3, -0.25) is 9.69 Å². The van der Waals surface area contributed by atoms with Crippen molar-refractivity contribution in [2.45, 2.75) is 31.7 Å². The normalized spacial score (nSPS) is 11.9. The molecule has 0 saturated carbocycles. The summed E-state index contributed by atoms with van der Waals surface area (Å²) in [6.07, 6.45) is -4.53. The standard InChI is InChI=1S/C33H31ClF3NO4.ClH/c34-32-26(13-8-17-29(32)33(35,36)37)22-38(18-9-19-41-28-16-7-10-24(20-28)21-31(39)40)23-30(25-11-3-1-4-12-25)42-27-14-5-2-6-15-27;/h1-8,10-17,20,30H,9,18-19,21-23H2,(H,39,40);1H/t30-;/m0./s1. The summed E-state index contributed by atoms with van der Waals surface area (Å²) in [5.41, 5.74) is 1.05. The average molecular weight is 635 g/mol. The third-order valence-electron chi connectivity index (χ3n) is 6.54. The smallest absolute Gasteiger partial charge is 0.417 e. The molecule has 0 radical (unpaired) electrons. The molecule has 0 aliphatic heterocycles. The minimum Gasteiger partial charge on any atom is -0.494 e. The highest BCUT2D eigenvalue weighted by molar-refractivity contribution is 6.32. The Labute approximate surface area is 260 Å². The lowest BCUT2D eigenvalue weighted by Crippen LogP contribution is -2.32. The number of carboxylic acids is 1. The molecule has 228 valence electrons. The zero-order valence-electron chi connectivity index (χ0n) is 23.2. The minimum absolute atomic E-state index is 0. The number of carboxylic acid groups (broad SMARTS) is 1. The molecule has 0 aromatic heterocycles. The van der Waals surface area contributed by atoms with Crippen molar-refractivity contribution in [1.82, 2.24) is 4.90 Å². The van der Waals surface area contributed by atoms with Crippen LogP contribution in [0, 0.1) is 0 Å². The molecule has 1 N–H and O–H groups in total. The summed E-state index contributed by atoms with van der Waals surface area (Å²) < 4.78 is 53.0. The molecule has 10 heteroatoms. The third-order valence-corrected chi connectivity index (χ3v) is 6.98. The molecular weight excluding hydrogens is 602 g/mol. The molecule has 0 aliphatic rings. The number of alkyl halides is 3. The van der Waals surface area contributed by atoms with Gasteiger partial charge in [-0.1, -0.05) is 84.4 Å². The SMILES string of the molecule is Cl.O=C(O)Cc1cccc(OCCCN(Cc2cccc(C(F)(F)F)c2Cl)C[C@H](Oc2ccccc2)c2ccccc2)c1. The Kier molecular flexibility index (Phi) is 12.7. The first-order valence-electron chi connectivity index (χ1n) is 13.5. The van der Waals surface area contributed by atoms with Crippen molar-refractivity contribution in [3.05, 3.63) is 130 Å². The number of nitrogens with zero attached hydrogens (tertiary/aromatic N) is 1. The van der Waals surface area contributed by atoms with Gasteiger partial charge in [0, 0.05) is 19.6 Å². The number of aliphatic carboxylic acids is 1. The van der Waals surface area contributed by atoms with E-state index in [0.717, 1.165) is 11.6 Å². The Morgan fingerprint density at radius 2 is 1.53 bits per heavy atom. The van der Waals surface area contributed by atoms with E-state index in [9.17, 15) is 18.0 Å². The molecule has 0 bridgehead atoms. The minimum atomic E-state index is -4.57. The fourth-order valence-corrected chi connectivity index (χ4v) is 4.86. The summed E-state index contributed by atoms with van der Waals surface area (Å²) in [6, 6.07) is 29.9. The van der Waals surface area contributed by atoms with Crippen LogP contribution in [-0.4, -0.2) is 35.7 Å². The highest BCUT2D eigenvalue weighted by Gasteiger charge is 2.34. The van der Waals surface area contributed by atoms with Crippen LogP contribution in [0.4, 0.5) is 13.2 Å². The van der Waals surface area contributed by atoms with Crippen molar-refractivity contribution in [2.24, 2.45) is 0 Å². The molecule has 43 heavy (non-hydrogen) atoms. The third kappa shape index (κ3) is 10.5. The fourth-order valence-electron chi connectivity index (χ4n) is 4.57. The first-order chi connectivity index (χ1) is 20.2. The van der Waals surface area contributed by atoms with E-state index in [0.29, 0.717) is 48.7 Å². The van der Waals surface area contributed by atoms with Gasteiger partial charge in [-0.15, -0.1) is 12.4 Å². The number of halogens is 5. The van der Waals surface area contributed by atoms with E-state index in [-0.39, 0.29) is 30.4 Å². The summed E-state index contributed by atoms with van der Waals surface area (Å²) in [4.78, 5) is 13.0. The topological polar surface area (TPSA) is 59.0 Å². The Balaban J connectivity index is 0.00000506. The summed E-state index contributed by atoms with van der Waals surface area (Å²) >= 11 is 6.27. The second kappa shape index (κ2) is 16.2. The van der Waals surface area contributed by atoms with Crippen LogP contribution in [0.2, 0.25) is 5.02 Å². The molecule has 4 aromatic rings. The van der Waals surface area contributed by atoms with E-state index in [1.165, 1.54) is 6.07 Å². The van der Waals surface area contributed by atoms with Gasteiger partial charge in [0.05, 0.1) is 23.6 Å². The number of benzene rings is 4. The Bertz CT molecular complexity index is 1440. The predicted octanol–water partition coefficient (Wildman–Crippen LogP) is 8.50. The van der Waals surface area contributed by atoms with Gasteiger partial charge in [0.1, 0.15) is 17.6 Å². The van der Waals surface area contributed by atoms with E-state index >= 15 is 0 Å². The van der Waals surface area contributed by atoms with Crippen LogP contribution in [0.25, 0.3) is 0 Å². The summed E-state index contributed by atoms with van der Waals surface area (Å²) in [5.74, 6) is 0.297. The van der Waals surface area contributed by atoms with E-state index in [4.69, 9.17) is 26.2 Å². The second-order valence-corrected chi connectivity index (χ2v) is 10.1. The van der Waals surface area contributed by atoms with E-state index in [2.05, 4.69) is 0 Å². The number of carbonyl (C=O) groups is 1. The number of rotatable bonds is 14. The molecule has 0 fully saturated rings. The highest BCUT2D eigenvalue weighted by atomic mass is 35.5. The molecule has 1 atom stereocenters. The fraction of sp³-hybridized carbons (Fsp3) is 0.242. The van der Waals surface area contributed by atoms with Crippen molar-refractivity contribution in [3.8, 4) is 11.5 Å². The van der Waals surface area contributed by atoms with Crippen LogP contribution in [0.5, 0.6) is 11.5 Å². The zero-order chi connectivity index (χ0) is 30.0. The molecule has 4 rings (SSSR count).